The van der Waals surface area contributed by atoms with E-state index in [0.717, 1.165) is 103 Å². The van der Waals surface area contributed by atoms with Gasteiger partial charge in [0.15, 0.2) is 0 Å². The summed E-state index contributed by atoms with van der Waals surface area (Å²) in [5.41, 5.74) is 13.5. The van der Waals surface area contributed by atoms with E-state index in [1.54, 1.807) is 30.9 Å². The molecule has 0 aliphatic heterocycles. The number of fused-ring (bicyclic) bond motifs is 3. The van der Waals surface area contributed by atoms with Crippen LogP contribution < -0.4 is 9.47 Å². The van der Waals surface area contributed by atoms with E-state index >= 15 is 0 Å². The van der Waals surface area contributed by atoms with Gasteiger partial charge in [0.05, 0.1) is 0 Å². The first kappa shape index (κ1) is 47.0. The quantitative estimate of drug-likeness (QED) is 0.107. The van der Waals surface area contributed by atoms with Gasteiger partial charge < -0.3 is 24.0 Å². The van der Waals surface area contributed by atoms with Gasteiger partial charge in [-0.25, -0.2) is 9.97 Å². The van der Waals surface area contributed by atoms with Gasteiger partial charge in [-0.15, -0.1) is 58.7 Å². The molecular weight excluding hydrogens is 1190 g/mol. The van der Waals surface area contributed by atoms with Crippen LogP contribution in [0.4, 0.5) is 0 Å². The van der Waals surface area contributed by atoms with Gasteiger partial charge in [-0.1, -0.05) is 159 Å². The van der Waals surface area contributed by atoms with Gasteiger partial charge in [0, 0.05) is 47.8 Å². The molecule has 0 radical (unpaired) electrons. The first-order valence-electron chi connectivity index (χ1n) is 22.1. The Labute approximate surface area is 420 Å². The van der Waals surface area contributed by atoms with Crippen molar-refractivity contribution in [2.75, 3.05) is 0 Å². The number of aromatic nitrogens is 5. The molecule has 334 valence electrons. The van der Waals surface area contributed by atoms with E-state index in [2.05, 4.69) is 135 Å². The monoisotopic (exact) mass is 1230 g/mol. The Kier molecular flexibility index (Phi) is 14.7. The summed E-state index contributed by atoms with van der Waals surface area (Å²) in [5.74, 6) is 2.66. The van der Waals surface area contributed by atoms with Gasteiger partial charge in [-0.3, -0.25) is 0 Å². The molecular formula is C58H45N5O2Pt2. The molecule has 4 heterocycles. The van der Waals surface area contributed by atoms with Crippen LogP contribution in [0.2, 0.25) is 0 Å². The summed E-state index contributed by atoms with van der Waals surface area (Å²) in [7, 11) is 0. The summed E-state index contributed by atoms with van der Waals surface area (Å²) in [6, 6.07) is 57.7. The number of aryl methyl sites for hydroxylation is 4. The molecule has 0 bridgehead atoms. The Bertz CT molecular complexity index is 3090. The van der Waals surface area contributed by atoms with Crippen LogP contribution in [-0.4, -0.2) is 24.5 Å². The fourth-order valence-corrected chi connectivity index (χ4v) is 8.59. The first-order valence-corrected chi connectivity index (χ1v) is 22.1. The van der Waals surface area contributed by atoms with Crippen LogP contribution >= 0.6 is 0 Å². The van der Waals surface area contributed by atoms with Crippen molar-refractivity contribution in [3.63, 3.8) is 0 Å². The van der Waals surface area contributed by atoms with E-state index in [1.807, 2.05) is 53.1 Å². The normalized spacial score (nSPS) is 11.0. The summed E-state index contributed by atoms with van der Waals surface area (Å²) in [4.78, 5) is 18.7. The van der Waals surface area contributed by atoms with Crippen molar-refractivity contribution in [1.82, 2.24) is 24.5 Å². The fraction of sp³-hybridized carbons (Fsp3) is 0.138. The van der Waals surface area contributed by atoms with Crippen molar-refractivity contribution in [2.24, 2.45) is 0 Å². The van der Waals surface area contributed by atoms with Crippen molar-refractivity contribution in [3.05, 3.63) is 199 Å². The van der Waals surface area contributed by atoms with E-state index < -0.39 is 0 Å². The number of nitrogens with zero attached hydrogens (tertiary/aromatic N) is 5. The van der Waals surface area contributed by atoms with Crippen LogP contribution in [0.1, 0.15) is 48.9 Å². The molecule has 9 heteroatoms. The van der Waals surface area contributed by atoms with Gasteiger partial charge in [0.1, 0.15) is 0 Å². The largest absolute Gasteiger partial charge is 2.00 e. The maximum atomic E-state index is 6.88. The van der Waals surface area contributed by atoms with Crippen molar-refractivity contribution in [2.45, 2.75) is 53.4 Å². The number of rotatable bonds is 13. The molecule has 0 N–H and O–H groups in total. The molecule has 0 amide bonds. The predicted octanol–water partition coefficient (Wildman–Crippen LogP) is 14.3. The molecule has 10 aromatic rings. The summed E-state index contributed by atoms with van der Waals surface area (Å²) in [6.07, 6.45) is 11.3. The molecule has 10 rings (SSSR count). The Morgan fingerprint density at radius 2 is 0.910 bits per heavy atom. The maximum absolute atomic E-state index is 6.88. The Balaban J connectivity index is 0.00000304. The average molecular weight is 1230 g/mol. The third kappa shape index (κ3) is 9.82. The molecule has 4 aromatic heterocycles. The minimum Gasteiger partial charge on any atom is -0.502 e. The number of benzene rings is 6. The standard InChI is InChI=1S/C58H45N5O2.2Pt/c1-5-12-40-16-20-42(21-17-40)56-38(3)32-44(50-14-7-9-28-59-50)34-54(56)64-46-24-26-48-49-27-25-47(37-53(49)63(52(48)36-46)58-61-30-11-31-62-58)65-55-35-45(51-15-8-10-29-60-51)33-39(4)57(55)43-22-18-41(13-6-2)19-23-43;;/h7-11,14-33H,5-6,12-13H2,1-4H3;;/q-4;2*+2. The molecule has 0 saturated heterocycles. The second-order valence-electron chi connectivity index (χ2n) is 16.2. The van der Waals surface area contributed by atoms with Crippen molar-refractivity contribution in [1.29, 1.82) is 0 Å². The molecule has 0 aliphatic rings. The van der Waals surface area contributed by atoms with E-state index in [1.165, 1.54) is 11.1 Å². The van der Waals surface area contributed by atoms with Crippen LogP contribution in [0.5, 0.6) is 23.0 Å². The summed E-state index contributed by atoms with van der Waals surface area (Å²) in [6.45, 7) is 8.61. The topological polar surface area (TPSA) is 75.0 Å². The van der Waals surface area contributed by atoms with E-state index in [-0.39, 0.29) is 42.1 Å². The van der Waals surface area contributed by atoms with Crippen molar-refractivity contribution >= 4 is 21.8 Å². The molecule has 0 spiro atoms. The van der Waals surface area contributed by atoms with Gasteiger partial charge in [0.2, 0.25) is 5.95 Å². The number of ether oxygens (including phenoxy) is 2. The molecule has 6 aromatic carbocycles. The predicted molar refractivity (Wildman–Crippen MR) is 260 cm³/mol. The van der Waals surface area contributed by atoms with Crippen LogP contribution in [-0.2, 0) is 55.0 Å². The number of hydrogen-bond acceptors (Lipinski definition) is 6. The van der Waals surface area contributed by atoms with Gasteiger partial charge in [-0.05, 0) is 53.6 Å². The number of hydrogen-bond donors (Lipinski definition) is 0. The smallest absolute Gasteiger partial charge is 0.502 e. The summed E-state index contributed by atoms with van der Waals surface area (Å²) in [5, 5.41) is 1.87. The minimum atomic E-state index is 0. The Hall–Kier alpha value is -6.52. The van der Waals surface area contributed by atoms with E-state index in [0.29, 0.717) is 28.9 Å². The molecule has 0 aliphatic carbocycles. The van der Waals surface area contributed by atoms with Crippen molar-refractivity contribution in [3.8, 4) is 73.7 Å². The third-order valence-electron chi connectivity index (χ3n) is 11.6. The van der Waals surface area contributed by atoms with Crippen LogP contribution in [0.25, 0.3) is 72.5 Å². The van der Waals surface area contributed by atoms with E-state index in [4.69, 9.17) is 19.4 Å². The zero-order chi connectivity index (χ0) is 44.3. The second-order valence-corrected chi connectivity index (χ2v) is 16.2. The fourth-order valence-electron chi connectivity index (χ4n) is 8.59. The summed E-state index contributed by atoms with van der Waals surface area (Å²) >= 11 is 0. The van der Waals surface area contributed by atoms with Gasteiger partial charge >= 0.3 is 42.1 Å². The Morgan fingerprint density at radius 1 is 0.478 bits per heavy atom. The molecule has 0 fully saturated rings. The van der Waals surface area contributed by atoms with Crippen LogP contribution in [0, 0.1) is 38.1 Å². The minimum absolute atomic E-state index is 0. The zero-order valence-electron chi connectivity index (χ0n) is 37.4. The van der Waals surface area contributed by atoms with Crippen molar-refractivity contribution < 1.29 is 51.6 Å². The summed E-state index contributed by atoms with van der Waals surface area (Å²) < 4.78 is 15.7. The maximum Gasteiger partial charge on any atom is 2.00 e. The molecule has 67 heavy (non-hydrogen) atoms. The SMILES string of the molecule is CCCc1ccc(-c2c(Oc3[c-]c4c(cc3)c3ccc(Oc5[c-]c(-c6ccccn6)cc(C)c5-c5ccc(CCC)cc5)[c-]c3n4-c3ncccn3)[c-]c(-c3ccccn3)cc2C)cc1.[Pt+2].[Pt+2]. The van der Waals surface area contributed by atoms with E-state index in [9.17, 15) is 0 Å². The van der Waals surface area contributed by atoms with Crippen LogP contribution in [0.3, 0.4) is 0 Å². The average Bonchev–Trinajstić information content (AvgIpc) is 3.66. The number of pyridine rings is 2. The Morgan fingerprint density at radius 3 is 1.31 bits per heavy atom. The third-order valence-corrected chi connectivity index (χ3v) is 11.6. The second kappa shape index (κ2) is 21.0. The van der Waals surface area contributed by atoms with Crippen LogP contribution in [0.15, 0.2) is 152 Å². The van der Waals surface area contributed by atoms with Gasteiger partial charge in [0.25, 0.3) is 0 Å². The molecule has 0 atom stereocenters. The zero-order valence-corrected chi connectivity index (χ0v) is 42.0. The first-order chi connectivity index (χ1) is 31.9. The molecule has 0 unspecified atom stereocenters. The molecule has 0 saturated carbocycles. The van der Waals surface area contributed by atoms with Gasteiger partial charge in [-0.2, -0.15) is 22.9 Å². The molecule has 7 nitrogen and oxygen atoms in total.